The van der Waals surface area contributed by atoms with Crippen molar-refractivity contribution in [3.63, 3.8) is 0 Å². The van der Waals surface area contributed by atoms with Gasteiger partial charge in [-0.25, -0.2) is 0 Å². The zero-order valence-electron chi connectivity index (χ0n) is 16.2. The van der Waals surface area contributed by atoms with Crippen molar-refractivity contribution in [1.29, 1.82) is 0 Å². The molecule has 0 aliphatic heterocycles. The van der Waals surface area contributed by atoms with Gasteiger partial charge >= 0.3 is 6.01 Å². The van der Waals surface area contributed by atoms with Crippen molar-refractivity contribution < 1.29 is 14.6 Å². The van der Waals surface area contributed by atoms with E-state index < -0.39 is 0 Å². The first kappa shape index (κ1) is 20.1. The van der Waals surface area contributed by atoms with Crippen LogP contribution in [0.2, 0.25) is 0 Å². The molecule has 2 aromatic carbocycles. The fourth-order valence-electron chi connectivity index (χ4n) is 2.77. The molecule has 28 heavy (non-hydrogen) atoms. The Morgan fingerprint density at radius 2 is 1.93 bits per heavy atom. The highest BCUT2D eigenvalue weighted by molar-refractivity contribution is 7.09. The minimum absolute atomic E-state index is 0.169. The summed E-state index contributed by atoms with van der Waals surface area (Å²) in [5, 5.41) is 10.5. The SMILES string of the molecule is COc1cc(CCN(C)CCCOc2nsc(-c3ccccc3)n2)ccc1O. The lowest BCUT2D eigenvalue weighted by Gasteiger charge is -2.16. The molecule has 1 aromatic heterocycles. The van der Waals surface area contributed by atoms with Crippen molar-refractivity contribution >= 4 is 11.5 Å². The van der Waals surface area contributed by atoms with E-state index in [9.17, 15) is 5.11 Å². The van der Waals surface area contributed by atoms with Crippen LogP contribution >= 0.6 is 11.5 Å². The third-order valence-corrected chi connectivity index (χ3v) is 5.12. The summed E-state index contributed by atoms with van der Waals surface area (Å²) in [5.74, 6) is 0.682. The van der Waals surface area contributed by atoms with E-state index in [1.807, 2.05) is 42.5 Å². The number of methoxy groups -OCH3 is 1. The summed E-state index contributed by atoms with van der Waals surface area (Å²) in [6, 6.07) is 15.9. The van der Waals surface area contributed by atoms with Crippen molar-refractivity contribution in [2.24, 2.45) is 0 Å². The minimum Gasteiger partial charge on any atom is -0.504 e. The quantitative estimate of drug-likeness (QED) is 0.522. The first-order valence-corrected chi connectivity index (χ1v) is 9.99. The molecule has 0 saturated heterocycles. The van der Waals surface area contributed by atoms with Gasteiger partial charge in [-0.15, -0.1) is 4.37 Å². The summed E-state index contributed by atoms with van der Waals surface area (Å²) < 4.78 is 15.1. The van der Waals surface area contributed by atoms with Crippen molar-refractivity contribution in [1.82, 2.24) is 14.3 Å². The number of ether oxygens (including phenoxy) is 2. The maximum absolute atomic E-state index is 9.66. The van der Waals surface area contributed by atoms with Gasteiger partial charge in [-0.1, -0.05) is 36.4 Å². The van der Waals surface area contributed by atoms with Gasteiger partial charge in [0.15, 0.2) is 11.5 Å². The standard InChI is InChI=1S/C21H25N3O3S/c1-24(13-11-16-9-10-18(25)19(15-16)26-2)12-6-14-27-21-22-20(28-23-21)17-7-4-3-5-8-17/h3-5,7-10,15,25H,6,11-14H2,1-2H3. The molecule has 0 bridgehead atoms. The summed E-state index contributed by atoms with van der Waals surface area (Å²) in [6.07, 6.45) is 1.79. The fraction of sp³-hybridized carbons (Fsp3) is 0.333. The molecule has 0 saturated carbocycles. The van der Waals surface area contributed by atoms with Crippen molar-refractivity contribution in [3.8, 4) is 28.1 Å². The molecule has 148 valence electrons. The second-order valence-corrected chi connectivity index (χ2v) is 7.26. The Hall–Kier alpha value is -2.64. The van der Waals surface area contributed by atoms with Gasteiger partial charge in [0, 0.05) is 18.7 Å². The number of hydrogen-bond donors (Lipinski definition) is 1. The Balaban J connectivity index is 1.37. The molecule has 0 amide bonds. The molecule has 0 aliphatic carbocycles. The summed E-state index contributed by atoms with van der Waals surface area (Å²) in [6.45, 7) is 2.42. The predicted molar refractivity (Wildman–Crippen MR) is 111 cm³/mol. The molecule has 0 fully saturated rings. The van der Waals surface area contributed by atoms with Gasteiger partial charge in [-0.3, -0.25) is 0 Å². The topological polar surface area (TPSA) is 67.7 Å². The summed E-state index contributed by atoms with van der Waals surface area (Å²) >= 11 is 1.35. The molecule has 3 aromatic rings. The van der Waals surface area contributed by atoms with E-state index in [4.69, 9.17) is 9.47 Å². The van der Waals surface area contributed by atoms with Crippen LogP contribution in [0.3, 0.4) is 0 Å². The molecule has 0 atom stereocenters. The van der Waals surface area contributed by atoms with Gasteiger partial charge in [-0.05, 0) is 49.1 Å². The number of likely N-dealkylation sites (N-methyl/N-ethyl adjacent to an activating group) is 1. The normalized spacial score (nSPS) is 11.0. The number of aromatic hydroxyl groups is 1. The Bertz CT molecular complexity index is 870. The highest BCUT2D eigenvalue weighted by Crippen LogP contribution is 2.26. The number of phenolic OH excluding ortho intramolecular Hbond substituents is 1. The van der Waals surface area contributed by atoms with E-state index in [0.717, 1.165) is 42.1 Å². The van der Waals surface area contributed by atoms with Gasteiger partial charge in [0.1, 0.15) is 5.01 Å². The molecule has 0 aliphatic rings. The number of phenols is 1. The van der Waals surface area contributed by atoms with E-state index in [-0.39, 0.29) is 5.75 Å². The largest absolute Gasteiger partial charge is 0.504 e. The van der Waals surface area contributed by atoms with Crippen LogP contribution in [0.15, 0.2) is 48.5 Å². The highest BCUT2D eigenvalue weighted by atomic mass is 32.1. The van der Waals surface area contributed by atoms with Gasteiger partial charge in [-0.2, -0.15) is 4.98 Å². The molecular weight excluding hydrogens is 374 g/mol. The minimum atomic E-state index is 0.169. The average molecular weight is 400 g/mol. The highest BCUT2D eigenvalue weighted by Gasteiger charge is 2.08. The van der Waals surface area contributed by atoms with E-state index in [0.29, 0.717) is 18.4 Å². The van der Waals surface area contributed by atoms with Gasteiger partial charge in [0.05, 0.1) is 13.7 Å². The van der Waals surface area contributed by atoms with Crippen LogP contribution in [0.5, 0.6) is 17.5 Å². The smallest absolute Gasteiger partial charge is 0.328 e. The zero-order chi connectivity index (χ0) is 19.8. The molecule has 0 unspecified atom stereocenters. The molecular formula is C21H25N3O3S. The number of hydrogen-bond acceptors (Lipinski definition) is 7. The Morgan fingerprint density at radius 1 is 1.11 bits per heavy atom. The van der Waals surface area contributed by atoms with E-state index in [1.165, 1.54) is 11.5 Å². The lowest BCUT2D eigenvalue weighted by atomic mass is 10.1. The number of aromatic nitrogens is 2. The Kier molecular flexibility index (Phi) is 7.22. The van der Waals surface area contributed by atoms with Crippen LogP contribution in [-0.4, -0.2) is 53.2 Å². The van der Waals surface area contributed by atoms with E-state index >= 15 is 0 Å². The van der Waals surface area contributed by atoms with Crippen LogP contribution in [0, 0.1) is 0 Å². The summed E-state index contributed by atoms with van der Waals surface area (Å²) in [5.41, 5.74) is 2.19. The lowest BCUT2D eigenvalue weighted by Crippen LogP contribution is -2.23. The van der Waals surface area contributed by atoms with Crippen LogP contribution in [0.4, 0.5) is 0 Å². The number of nitrogens with zero attached hydrogens (tertiary/aromatic N) is 3. The van der Waals surface area contributed by atoms with Crippen LogP contribution in [0.1, 0.15) is 12.0 Å². The first-order chi connectivity index (χ1) is 13.7. The summed E-state index contributed by atoms with van der Waals surface area (Å²) in [4.78, 5) is 6.69. The van der Waals surface area contributed by atoms with Crippen LogP contribution < -0.4 is 9.47 Å². The molecule has 3 rings (SSSR count). The van der Waals surface area contributed by atoms with Crippen molar-refractivity contribution in [3.05, 3.63) is 54.1 Å². The van der Waals surface area contributed by atoms with Gasteiger partial charge < -0.3 is 19.5 Å². The van der Waals surface area contributed by atoms with Crippen molar-refractivity contribution in [2.45, 2.75) is 12.8 Å². The number of rotatable bonds is 10. The van der Waals surface area contributed by atoms with Crippen molar-refractivity contribution in [2.75, 3.05) is 33.9 Å². The molecule has 6 nitrogen and oxygen atoms in total. The maximum atomic E-state index is 9.66. The Labute approximate surface area is 169 Å². The third-order valence-electron chi connectivity index (χ3n) is 4.37. The monoisotopic (exact) mass is 399 g/mol. The lowest BCUT2D eigenvalue weighted by molar-refractivity contribution is 0.253. The molecule has 1 heterocycles. The molecule has 1 N–H and O–H groups in total. The van der Waals surface area contributed by atoms with Crippen LogP contribution in [0.25, 0.3) is 10.6 Å². The first-order valence-electron chi connectivity index (χ1n) is 9.22. The second kappa shape index (κ2) is 10.1. The third kappa shape index (κ3) is 5.68. The number of benzene rings is 2. The fourth-order valence-corrected chi connectivity index (χ4v) is 3.39. The van der Waals surface area contributed by atoms with Gasteiger partial charge in [0.25, 0.3) is 0 Å². The molecule has 0 radical (unpaired) electrons. The predicted octanol–water partition coefficient (Wildman–Crippen LogP) is 3.86. The zero-order valence-corrected chi connectivity index (χ0v) is 17.0. The average Bonchev–Trinajstić information content (AvgIpc) is 3.20. The maximum Gasteiger partial charge on any atom is 0.328 e. The Morgan fingerprint density at radius 3 is 2.71 bits per heavy atom. The molecule has 7 heteroatoms. The van der Waals surface area contributed by atoms with E-state index in [1.54, 1.807) is 13.2 Å². The van der Waals surface area contributed by atoms with Crippen LogP contribution in [-0.2, 0) is 6.42 Å². The second-order valence-electron chi connectivity index (χ2n) is 6.51. The summed E-state index contributed by atoms with van der Waals surface area (Å²) in [7, 11) is 3.65. The molecule has 0 spiro atoms. The van der Waals surface area contributed by atoms with Gasteiger partial charge in [0.2, 0.25) is 0 Å². The van der Waals surface area contributed by atoms with E-state index in [2.05, 4.69) is 21.3 Å².